The average Bonchev–Trinajstić information content (AvgIpc) is 2.50. The molecule has 0 bridgehead atoms. The zero-order chi connectivity index (χ0) is 9.90. The van der Waals surface area contributed by atoms with Crippen molar-refractivity contribution in [1.82, 2.24) is 10.6 Å². The van der Waals surface area contributed by atoms with E-state index in [0.29, 0.717) is 11.5 Å². The van der Waals surface area contributed by atoms with Crippen molar-refractivity contribution in [2.45, 2.75) is 26.3 Å². The molecule has 0 atom stereocenters. The SMILES string of the molecule is CC(C)(C)N=C(NN)c1ccon1. The van der Waals surface area contributed by atoms with Gasteiger partial charge in [-0.15, -0.1) is 0 Å². The minimum atomic E-state index is -0.194. The molecule has 0 saturated heterocycles. The van der Waals surface area contributed by atoms with Crippen LogP contribution in [0.3, 0.4) is 0 Å². The lowest BCUT2D eigenvalue weighted by Gasteiger charge is -2.13. The van der Waals surface area contributed by atoms with E-state index in [2.05, 4.69) is 20.1 Å². The van der Waals surface area contributed by atoms with Crippen LogP contribution < -0.4 is 11.3 Å². The molecule has 0 spiro atoms. The van der Waals surface area contributed by atoms with Gasteiger partial charge >= 0.3 is 0 Å². The van der Waals surface area contributed by atoms with Gasteiger partial charge in [0.2, 0.25) is 0 Å². The van der Waals surface area contributed by atoms with Crippen LogP contribution in [0, 0.1) is 0 Å². The van der Waals surface area contributed by atoms with Gasteiger partial charge in [-0.1, -0.05) is 5.16 Å². The van der Waals surface area contributed by atoms with Crippen LogP contribution in [-0.2, 0) is 0 Å². The number of hydrazine groups is 1. The molecule has 5 nitrogen and oxygen atoms in total. The fourth-order valence-corrected chi connectivity index (χ4v) is 0.834. The summed E-state index contributed by atoms with van der Waals surface area (Å²) in [6.07, 6.45) is 1.48. The van der Waals surface area contributed by atoms with Crippen LogP contribution in [0.15, 0.2) is 21.8 Å². The summed E-state index contributed by atoms with van der Waals surface area (Å²) in [6, 6.07) is 1.70. The summed E-state index contributed by atoms with van der Waals surface area (Å²) in [6.45, 7) is 5.93. The standard InChI is InChI=1S/C8H14N4O/c1-8(2,3)10-7(11-9)6-4-5-13-12-6/h4-5H,9H2,1-3H3,(H,10,11). The molecule has 0 amide bonds. The zero-order valence-corrected chi connectivity index (χ0v) is 8.03. The molecule has 5 heteroatoms. The van der Waals surface area contributed by atoms with Crippen molar-refractivity contribution in [3.05, 3.63) is 18.0 Å². The summed E-state index contributed by atoms with van der Waals surface area (Å²) >= 11 is 0. The third kappa shape index (κ3) is 2.87. The van der Waals surface area contributed by atoms with E-state index in [4.69, 9.17) is 5.84 Å². The van der Waals surface area contributed by atoms with Gasteiger partial charge in [-0.2, -0.15) is 0 Å². The highest BCUT2D eigenvalue weighted by atomic mass is 16.5. The number of aliphatic imine (C=N–C) groups is 1. The van der Waals surface area contributed by atoms with E-state index in [1.807, 2.05) is 20.8 Å². The first-order chi connectivity index (χ1) is 6.03. The van der Waals surface area contributed by atoms with Crippen molar-refractivity contribution in [2.75, 3.05) is 0 Å². The van der Waals surface area contributed by atoms with Gasteiger partial charge in [-0.05, 0) is 20.8 Å². The van der Waals surface area contributed by atoms with Crippen molar-refractivity contribution in [1.29, 1.82) is 0 Å². The van der Waals surface area contributed by atoms with Crippen molar-refractivity contribution in [2.24, 2.45) is 10.8 Å². The second-order valence-electron chi connectivity index (χ2n) is 3.66. The van der Waals surface area contributed by atoms with E-state index in [-0.39, 0.29) is 5.54 Å². The maximum absolute atomic E-state index is 5.31. The number of hydrogen-bond donors (Lipinski definition) is 2. The number of nitrogens with two attached hydrogens (primary N) is 1. The summed E-state index contributed by atoms with van der Waals surface area (Å²) in [5.41, 5.74) is 2.90. The number of aromatic nitrogens is 1. The van der Waals surface area contributed by atoms with Crippen LogP contribution in [0.5, 0.6) is 0 Å². The Morgan fingerprint density at radius 2 is 2.31 bits per heavy atom. The normalized spacial score (nSPS) is 13.1. The van der Waals surface area contributed by atoms with Gasteiger partial charge in [0, 0.05) is 6.07 Å². The second-order valence-corrected chi connectivity index (χ2v) is 3.66. The third-order valence-corrected chi connectivity index (χ3v) is 1.26. The van der Waals surface area contributed by atoms with Gasteiger partial charge in [0.15, 0.2) is 5.84 Å². The van der Waals surface area contributed by atoms with Crippen molar-refractivity contribution < 1.29 is 4.52 Å². The molecule has 0 radical (unpaired) electrons. The van der Waals surface area contributed by atoms with Crippen molar-refractivity contribution in [3.63, 3.8) is 0 Å². The molecular weight excluding hydrogens is 168 g/mol. The molecule has 13 heavy (non-hydrogen) atoms. The molecule has 1 aromatic rings. The molecule has 0 fully saturated rings. The number of amidine groups is 1. The molecule has 1 heterocycles. The molecule has 0 saturated carbocycles. The highest BCUT2D eigenvalue weighted by Gasteiger charge is 2.12. The largest absolute Gasteiger partial charge is 0.364 e. The van der Waals surface area contributed by atoms with Crippen LogP contribution in [0.25, 0.3) is 0 Å². The van der Waals surface area contributed by atoms with Crippen molar-refractivity contribution in [3.8, 4) is 0 Å². The van der Waals surface area contributed by atoms with E-state index in [1.54, 1.807) is 6.07 Å². The lowest BCUT2D eigenvalue weighted by atomic mass is 10.1. The van der Waals surface area contributed by atoms with Gasteiger partial charge in [-0.25, -0.2) is 5.84 Å². The maximum atomic E-state index is 5.31. The molecule has 0 aliphatic carbocycles. The summed E-state index contributed by atoms with van der Waals surface area (Å²) in [5, 5.41) is 3.72. The topological polar surface area (TPSA) is 76.4 Å². The molecule has 0 aliphatic heterocycles. The molecule has 0 aliphatic rings. The summed E-state index contributed by atoms with van der Waals surface area (Å²) in [5.74, 6) is 5.84. The number of nitrogens with one attached hydrogen (secondary N) is 1. The summed E-state index contributed by atoms with van der Waals surface area (Å²) in [4.78, 5) is 4.33. The minimum Gasteiger partial charge on any atom is -0.364 e. The highest BCUT2D eigenvalue weighted by molar-refractivity contribution is 5.96. The molecule has 72 valence electrons. The van der Waals surface area contributed by atoms with Crippen LogP contribution in [0.2, 0.25) is 0 Å². The van der Waals surface area contributed by atoms with E-state index in [0.717, 1.165) is 0 Å². The molecule has 0 unspecified atom stereocenters. The van der Waals surface area contributed by atoms with Gasteiger partial charge in [-0.3, -0.25) is 4.99 Å². The maximum Gasteiger partial charge on any atom is 0.165 e. The second kappa shape index (κ2) is 3.57. The Labute approximate surface area is 77.0 Å². The van der Waals surface area contributed by atoms with Gasteiger partial charge in [0.1, 0.15) is 12.0 Å². The van der Waals surface area contributed by atoms with Crippen LogP contribution in [0.4, 0.5) is 0 Å². The van der Waals surface area contributed by atoms with Gasteiger partial charge in [0.25, 0.3) is 0 Å². The molecule has 1 aromatic heterocycles. The molecule has 1 rings (SSSR count). The predicted molar refractivity (Wildman–Crippen MR) is 50.1 cm³/mol. The lowest BCUT2D eigenvalue weighted by Crippen LogP contribution is -2.33. The Morgan fingerprint density at radius 3 is 2.69 bits per heavy atom. The first kappa shape index (κ1) is 9.73. The third-order valence-electron chi connectivity index (χ3n) is 1.26. The average molecular weight is 182 g/mol. The van der Waals surface area contributed by atoms with E-state index < -0.39 is 0 Å². The predicted octanol–water partition coefficient (Wildman–Crippen LogP) is 0.683. The summed E-state index contributed by atoms with van der Waals surface area (Å²) < 4.78 is 4.69. The minimum absolute atomic E-state index is 0.194. The smallest absolute Gasteiger partial charge is 0.165 e. The monoisotopic (exact) mass is 182 g/mol. The lowest BCUT2D eigenvalue weighted by molar-refractivity contribution is 0.417. The Hall–Kier alpha value is -1.36. The van der Waals surface area contributed by atoms with E-state index in [9.17, 15) is 0 Å². The van der Waals surface area contributed by atoms with Gasteiger partial charge < -0.3 is 9.95 Å². The Kier molecular flexibility index (Phi) is 2.67. The number of hydrogen-bond acceptors (Lipinski definition) is 4. The quantitative estimate of drug-likeness (QED) is 0.290. The Bertz CT molecular complexity index is 284. The first-order valence-corrected chi connectivity index (χ1v) is 4.00. The summed E-state index contributed by atoms with van der Waals surface area (Å²) in [7, 11) is 0. The molecule has 0 aromatic carbocycles. The van der Waals surface area contributed by atoms with Crippen LogP contribution in [0.1, 0.15) is 26.5 Å². The van der Waals surface area contributed by atoms with Gasteiger partial charge in [0.05, 0.1) is 5.54 Å². The van der Waals surface area contributed by atoms with Crippen molar-refractivity contribution >= 4 is 5.84 Å². The first-order valence-electron chi connectivity index (χ1n) is 4.00. The number of nitrogens with zero attached hydrogens (tertiary/aromatic N) is 2. The zero-order valence-electron chi connectivity index (χ0n) is 8.03. The Balaban J connectivity index is 2.93. The van der Waals surface area contributed by atoms with E-state index in [1.165, 1.54) is 6.26 Å². The van der Waals surface area contributed by atoms with Crippen LogP contribution >= 0.6 is 0 Å². The fraction of sp³-hybridized carbons (Fsp3) is 0.500. The molecular formula is C8H14N4O. The highest BCUT2D eigenvalue weighted by Crippen LogP contribution is 2.08. The van der Waals surface area contributed by atoms with Crippen LogP contribution in [-0.4, -0.2) is 16.5 Å². The molecule has 3 N–H and O–H groups in total. The Morgan fingerprint density at radius 1 is 1.62 bits per heavy atom. The van der Waals surface area contributed by atoms with E-state index >= 15 is 0 Å². The fourth-order valence-electron chi connectivity index (χ4n) is 0.834. The number of rotatable bonds is 1.